The van der Waals surface area contributed by atoms with Gasteiger partial charge >= 0.3 is 12.2 Å². The molecule has 3 rings (SSSR count). The number of alkyl carbamates (subject to hydrolysis) is 2. The van der Waals surface area contributed by atoms with Gasteiger partial charge in [0.1, 0.15) is 5.75 Å². The predicted octanol–water partition coefficient (Wildman–Crippen LogP) is 3.02. The minimum atomic E-state index is -0.528. The Balaban J connectivity index is 1.55. The van der Waals surface area contributed by atoms with E-state index in [-0.39, 0.29) is 12.7 Å². The van der Waals surface area contributed by atoms with E-state index in [4.69, 9.17) is 9.47 Å². The molecule has 1 aromatic carbocycles. The molecule has 2 bridgehead atoms. The summed E-state index contributed by atoms with van der Waals surface area (Å²) in [5.41, 5.74) is 0.912. The van der Waals surface area contributed by atoms with E-state index in [0.717, 1.165) is 17.9 Å². The molecule has 0 aliphatic heterocycles. The molecule has 0 aromatic heterocycles. The number of ether oxygens (including phenoxy) is 4. The van der Waals surface area contributed by atoms with Crippen molar-refractivity contribution in [1.82, 2.24) is 10.6 Å². The third kappa shape index (κ3) is 6.00. The number of benzene rings is 1. The Kier molecular flexibility index (Phi) is 7.57. The maximum Gasteiger partial charge on any atom is 0.406 e. The van der Waals surface area contributed by atoms with E-state index >= 15 is 0 Å². The van der Waals surface area contributed by atoms with Gasteiger partial charge in [-0.2, -0.15) is 0 Å². The van der Waals surface area contributed by atoms with E-state index in [1.807, 2.05) is 24.3 Å². The van der Waals surface area contributed by atoms with Crippen LogP contribution in [0.3, 0.4) is 0 Å². The van der Waals surface area contributed by atoms with E-state index in [9.17, 15) is 9.59 Å². The average Bonchev–Trinajstić information content (AvgIpc) is 3.37. The summed E-state index contributed by atoms with van der Waals surface area (Å²) in [7, 11) is 2.61. The number of carbonyl (C=O) groups excluding carboxylic acids is 2. The zero-order chi connectivity index (χ0) is 20.6. The van der Waals surface area contributed by atoms with E-state index < -0.39 is 12.2 Å². The molecule has 2 amide bonds. The quantitative estimate of drug-likeness (QED) is 0.612. The standard InChI is InChI=1S/C21H30N2O6/c1-26-20(24)22-11-17(12-23-21(25)27-2)15-4-3-5-18(10-15)28-13-29-19-9-14-6-7-16(19)8-14/h3-5,10,14,16-17,19H,6-9,11-13H2,1-2H3,(H,22,24)(H,23,25)/t14-,16-,19-/m0/s1. The number of hydrogen-bond donors (Lipinski definition) is 2. The van der Waals surface area contributed by atoms with E-state index in [2.05, 4.69) is 20.1 Å². The van der Waals surface area contributed by atoms with Gasteiger partial charge in [-0.3, -0.25) is 0 Å². The fourth-order valence-corrected chi connectivity index (χ4v) is 4.30. The summed E-state index contributed by atoms with van der Waals surface area (Å²) in [6.45, 7) is 0.812. The van der Waals surface area contributed by atoms with Crippen LogP contribution >= 0.6 is 0 Å². The first-order valence-electron chi connectivity index (χ1n) is 10.1. The van der Waals surface area contributed by atoms with Gasteiger partial charge in [0, 0.05) is 19.0 Å². The first-order valence-corrected chi connectivity index (χ1v) is 10.1. The Hall–Kier alpha value is -2.48. The molecule has 0 radical (unpaired) electrons. The fraction of sp³-hybridized carbons (Fsp3) is 0.619. The Morgan fingerprint density at radius 3 is 2.38 bits per heavy atom. The zero-order valence-corrected chi connectivity index (χ0v) is 17.0. The van der Waals surface area contributed by atoms with Crippen molar-refractivity contribution in [3.8, 4) is 5.75 Å². The molecular formula is C21H30N2O6. The van der Waals surface area contributed by atoms with Crippen molar-refractivity contribution in [2.24, 2.45) is 11.8 Å². The third-order valence-corrected chi connectivity index (χ3v) is 5.87. The van der Waals surface area contributed by atoms with Gasteiger partial charge in [-0.25, -0.2) is 9.59 Å². The summed E-state index contributed by atoms with van der Waals surface area (Å²) in [4.78, 5) is 22.9. The third-order valence-electron chi connectivity index (χ3n) is 5.87. The second-order valence-corrected chi connectivity index (χ2v) is 7.66. The normalized spacial score (nSPS) is 22.4. The SMILES string of the molecule is COC(=O)NCC(CNC(=O)OC)c1cccc(OCO[C@H]2C[C@H]3CC[C@H]2C3)c1. The molecule has 0 unspecified atom stereocenters. The summed E-state index contributed by atoms with van der Waals surface area (Å²) in [6.07, 6.45) is 4.31. The summed E-state index contributed by atoms with van der Waals surface area (Å²) in [5, 5.41) is 5.34. The molecule has 2 aliphatic rings. The van der Waals surface area contributed by atoms with Crippen LogP contribution in [0.25, 0.3) is 0 Å². The maximum atomic E-state index is 11.4. The van der Waals surface area contributed by atoms with Crippen LogP contribution in [0.15, 0.2) is 24.3 Å². The second-order valence-electron chi connectivity index (χ2n) is 7.66. The first-order chi connectivity index (χ1) is 14.1. The average molecular weight is 406 g/mol. The maximum absolute atomic E-state index is 11.4. The summed E-state index contributed by atoms with van der Waals surface area (Å²) in [5.74, 6) is 2.03. The number of fused-ring (bicyclic) bond motifs is 2. The van der Waals surface area contributed by atoms with Gasteiger partial charge in [0.25, 0.3) is 0 Å². The molecule has 1 aromatic rings. The van der Waals surface area contributed by atoms with Gasteiger partial charge < -0.3 is 29.6 Å². The van der Waals surface area contributed by atoms with Crippen LogP contribution in [0, 0.1) is 11.8 Å². The largest absolute Gasteiger partial charge is 0.468 e. The highest BCUT2D eigenvalue weighted by Gasteiger charge is 2.40. The van der Waals surface area contributed by atoms with Gasteiger partial charge in [0.05, 0.1) is 20.3 Å². The number of nitrogens with one attached hydrogen (secondary N) is 2. The fourth-order valence-electron chi connectivity index (χ4n) is 4.30. The van der Waals surface area contributed by atoms with Crippen molar-refractivity contribution in [2.75, 3.05) is 34.1 Å². The molecule has 2 aliphatic carbocycles. The minimum absolute atomic E-state index is 0.178. The zero-order valence-electron chi connectivity index (χ0n) is 17.0. The Bertz CT molecular complexity index is 678. The number of methoxy groups -OCH3 is 2. The molecule has 2 fully saturated rings. The van der Waals surface area contributed by atoms with Crippen molar-refractivity contribution >= 4 is 12.2 Å². The van der Waals surface area contributed by atoms with Crippen LogP contribution in [0.5, 0.6) is 5.75 Å². The molecule has 29 heavy (non-hydrogen) atoms. The molecule has 0 spiro atoms. The highest BCUT2D eigenvalue weighted by atomic mass is 16.7. The Labute approximate surface area is 171 Å². The van der Waals surface area contributed by atoms with Gasteiger partial charge in [-0.15, -0.1) is 0 Å². The first kappa shape index (κ1) is 21.2. The highest BCUT2D eigenvalue weighted by Crippen LogP contribution is 2.45. The highest BCUT2D eigenvalue weighted by molar-refractivity contribution is 5.67. The van der Waals surface area contributed by atoms with Crippen molar-refractivity contribution < 1.29 is 28.5 Å². The monoisotopic (exact) mass is 406 g/mol. The molecule has 8 heteroatoms. The summed E-state index contributed by atoms with van der Waals surface area (Å²) in [6, 6.07) is 7.57. The summed E-state index contributed by atoms with van der Waals surface area (Å²) >= 11 is 0. The molecule has 3 atom stereocenters. The number of rotatable bonds is 9. The van der Waals surface area contributed by atoms with E-state index in [1.165, 1.54) is 33.5 Å². The van der Waals surface area contributed by atoms with Crippen LogP contribution in [0.2, 0.25) is 0 Å². The smallest absolute Gasteiger partial charge is 0.406 e. The summed E-state index contributed by atoms with van der Waals surface area (Å²) < 4.78 is 21.0. The van der Waals surface area contributed by atoms with Crippen molar-refractivity contribution in [1.29, 1.82) is 0 Å². The molecule has 8 nitrogen and oxygen atoms in total. The topological polar surface area (TPSA) is 95.1 Å². The molecule has 0 heterocycles. The van der Waals surface area contributed by atoms with E-state index in [0.29, 0.717) is 30.9 Å². The Morgan fingerprint density at radius 2 is 1.79 bits per heavy atom. The van der Waals surface area contributed by atoms with E-state index in [1.54, 1.807) is 0 Å². The van der Waals surface area contributed by atoms with Gasteiger partial charge in [0.2, 0.25) is 0 Å². The number of carbonyl (C=O) groups is 2. The molecular weight excluding hydrogens is 376 g/mol. The van der Waals surface area contributed by atoms with Crippen LogP contribution < -0.4 is 15.4 Å². The number of hydrogen-bond acceptors (Lipinski definition) is 6. The van der Waals surface area contributed by atoms with Crippen LogP contribution in [0.1, 0.15) is 37.2 Å². The van der Waals surface area contributed by atoms with Gasteiger partial charge in [-0.05, 0) is 55.2 Å². The lowest BCUT2D eigenvalue weighted by Gasteiger charge is -2.22. The van der Waals surface area contributed by atoms with Gasteiger partial charge in [0.15, 0.2) is 6.79 Å². The molecule has 160 valence electrons. The van der Waals surface area contributed by atoms with Gasteiger partial charge in [-0.1, -0.05) is 12.1 Å². The van der Waals surface area contributed by atoms with Crippen molar-refractivity contribution in [3.63, 3.8) is 0 Å². The molecule has 2 saturated carbocycles. The van der Waals surface area contributed by atoms with Crippen LogP contribution in [-0.4, -0.2) is 52.4 Å². The molecule has 2 N–H and O–H groups in total. The van der Waals surface area contributed by atoms with Crippen molar-refractivity contribution in [2.45, 2.75) is 37.7 Å². The number of amides is 2. The second kappa shape index (κ2) is 10.3. The van der Waals surface area contributed by atoms with Crippen LogP contribution in [0.4, 0.5) is 9.59 Å². The van der Waals surface area contributed by atoms with Crippen LogP contribution in [-0.2, 0) is 14.2 Å². The lowest BCUT2D eigenvalue weighted by Crippen LogP contribution is -2.35. The Morgan fingerprint density at radius 1 is 1.07 bits per heavy atom. The van der Waals surface area contributed by atoms with Crippen molar-refractivity contribution in [3.05, 3.63) is 29.8 Å². The lowest BCUT2D eigenvalue weighted by molar-refractivity contribution is -0.0577. The minimum Gasteiger partial charge on any atom is -0.468 e. The predicted molar refractivity (Wildman–Crippen MR) is 106 cm³/mol. The lowest BCUT2D eigenvalue weighted by atomic mass is 9.98. The molecule has 0 saturated heterocycles.